The van der Waals surface area contributed by atoms with E-state index in [0.717, 1.165) is 38.8 Å². The highest BCUT2D eigenvalue weighted by atomic mass is 35.5. The van der Waals surface area contributed by atoms with Crippen molar-refractivity contribution >= 4 is 33.4 Å². The molecule has 0 spiro atoms. The molecule has 3 aromatic carbocycles. The van der Waals surface area contributed by atoms with Crippen LogP contribution >= 0.6 is 11.6 Å². The summed E-state index contributed by atoms with van der Waals surface area (Å²) in [5.74, 6) is 0.784. The van der Waals surface area contributed by atoms with Crippen LogP contribution in [-0.2, 0) is 0 Å². The standard InChI is InChI=1S/C19H13ClN2O/c1-23-18-9-6-12-4-2-3-5-14(12)19(18)17-11-21-16-10-13(20)7-8-15(16)22-17/h2-11H,1H3. The third-order valence-electron chi connectivity index (χ3n) is 3.87. The monoisotopic (exact) mass is 320 g/mol. The largest absolute Gasteiger partial charge is 0.496 e. The van der Waals surface area contributed by atoms with Crippen LogP contribution in [0.2, 0.25) is 5.02 Å². The first kappa shape index (κ1) is 14.0. The van der Waals surface area contributed by atoms with Crippen molar-refractivity contribution in [2.24, 2.45) is 0 Å². The van der Waals surface area contributed by atoms with E-state index in [2.05, 4.69) is 17.1 Å². The predicted molar refractivity (Wildman–Crippen MR) is 94.0 cm³/mol. The molecule has 112 valence electrons. The van der Waals surface area contributed by atoms with Crippen LogP contribution in [0, 0.1) is 0 Å². The van der Waals surface area contributed by atoms with E-state index >= 15 is 0 Å². The van der Waals surface area contributed by atoms with E-state index in [0.29, 0.717) is 5.02 Å². The molecule has 0 saturated carbocycles. The van der Waals surface area contributed by atoms with Crippen molar-refractivity contribution in [3.63, 3.8) is 0 Å². The smallest absolute Gasteiger partial charge is 0.128 e. The molecule has 4 rings (SSSR count). The Morgan fingerprint density at radius 1 is 0.957 bits per heavy atom. The summed E-state index contributed by atoms with van der Waals surface area (Å²) in [5, 5.41) is 2.89. The first-order valence-corrected chi connectivity index (χ1v) is 7.62. The molecule has 0 aliphatic heterocycles. The number of benzene rings is 3. The van der Waals surface area contributed by atoms with Gasteiger partial charge in [0, 0.05) is 5.02 Å². The van der Waals surface area contributed by atoms with Crippen LogP contribution in [0.5, 0.6) is 5.75 Å². The zero-order valence-electron chi connectivity index (χ0n) is 12.5. The Morgan fingerprint density at radius 2 is 1.83 bits per heavy atom. The average Bonchev–Trinajstić information content (AvgIpc) is 2.60. The van der Waals surface area contributed by atoms with Crippen molar-refractivity contribution < 1.29 is 4.74 Å². The minimum atomic E-state index is 0.655. The van der Waals surface area contributed by atoms with Crippen molar-refractivity contribution in [2.75, 3.05) is 7.11 Å². The molecule has 23 heavy (non-hydrogen) atoms. The lowest BCUT2D eigenvalue weighted by Gasteiger charge is -2.12. The third kappa shape index (κ3) is 2.39. The predicted octanol–water partition coefficient (Wildman–Crippen LogP) is 5.11. The van der Waals surface area contributed by atoms with E-state index in [9.17, 15) is 0 Å². The van der Waals surface area contributed by atoms with Crippen LogP contribution < -0.4 is 4.74 Å². The summed E-state index contributed by atoms with van der Waals surface area (Å²) in [7, 11) is 1.67. The highest BCUT2D eigenvalue weighted by Crippen LogP contribution is 2.36. The van der Waals surface area contributed by atoms with Crippen molar-refractivity contribution in [3.05, 3.63) is 65.8 Å². The van der Waals surface area contributed by atoms with Crippen molar-refractivity contribution in [1.82, 2.24) is 9.97 Å². The second kappa shape index (κ2) is 5.52. The highest BCUT2D eigenvalue weighted by molar-refractivity contribution is 6.31. The van der Waals surface area contributed by atoms with E-state index in [1.807, 2.05) is 42.5 Å². The Hall–Kier alpha value is -2.65. The number of aromatic nitrogens is 2. The number of methoxy groups -OCH3 is 1. The van der Waals surface area contributed by atoms with Crippen LogP contribution in [0.25, 0.3) is 33.1 Å². The molecule has 0 atom stereocenters. The number of ether oxygens (including phenoxy) is 1. The summed E-state index contributed by atoms with van der Waals surface area (Å²) < 4.78 is 5.55. The molecule has 0 radical (unpaired) electrons. The van der Waals surface area contributed by atoms with Crippen LogP contribution in [0.3, 0.4) is 0 Å². The van der Waals surface area contributed by atoms with E-state index in [-0.39, 0.29) is 0 Å². The van der Waals surface area contributed by atoms with E-state index in [4.69, 9.17) is 21.3 Å². The molecule has 4 heteroatoms. The molecule has 0 fully saturated rings. The maximum Gasteiger partial charge on any atom is 0.128 e. The topological polar surface area (TPSA) is 35.0 Å². The number of halogens is 1. The summed E-state index contributed by atoms with van der Waals surface area (Å²) in [4.78, 5) is 9.24. The molecule has 3 nitrogen and oxygen atoms in total. The Balaban J connectivity index is 2.03. The van der Waals surface area contributed by atoms with Crippen molar-refractivity contribution in [3.8, 4) is 17.0 Å². The number of hydrogen-bond acceptors (Lipinski definition) is 3. The van der Waals surface area contributed by atoms with Gasteiger partial charge in [-0.1, -0.05) is 41.9 Å². The molecule has 0 N–H and O–H groups in total. The second-order valence-electron chi connectivity index (χ2n) is 5.25. The molecular weight excluding hydrogens is 308 g/mol. The molecular formula is C19H13ClN2O. The van der Waals surface area contributed by atoms with Gasteiger partial charge in [-0.25, -0.2) is 4.98 Å². The van der Waals surface area contributed by atoms with Gasteiger partial charge >= 0.3 is 0 Å². The van der Waals surface area contributed by atoms with E-state index in [1.54, 1.807) is 13.3 Å². The molecule has 1 heterocycles. The van der Waals surface area contributed by atoms with Gasteiger partial charge in [0.2, 0.25) is 0 Å². The summed E-state index contributed by atoms with van der Waals surface area (Å²) >= 11 is 6.01. The van der Waals surface area contributed by atoms with Gasteiger partial charge in [0.1, 0.15) is 5.75 Å². The summed E-state index contributed by atoms with van der Waals surface area (Å²) in [6.07, 6.45) is 1.77. The molecule has 0 aliphatic carbocycles. The van der Waals surface area contributed by atoms with Gasteiger partial charge < -0.3 is 4.74 Å². The molecule has 0 unspecified atom stereocenters. The number of hydrogen-bond donors (Lipinski definition) is 0. The first-order valence-electron chi connectivity index (χ1n) is 7.25. The van der Waals surface area contributed by atoms with Gasteiger partial charge in [0.15, 0.2) is 0 Å². The van der Waals surface area contributed by atoms with Crippen LogP contribution in [0.15, 0.2) is 60.8 Å². The second-order valence-corrected chi connectivity index (χ2v) is 5.69. The summed E-state index contributed by atoms with van der Waals surface area (Å²) in [6, 6.07) is 17.7. The lowest BCUT2D eigenvalue weighted by molar-refractivity contribution is 0.417. The van der Waals surface area contributed by atoms with Crippen LogP contribution in [0.4, 0.5) is 0 Å². The normalized spacial score (nSPS) is 11.0. The van der Waals surface area contributed by atoms with Crippen LogP contribution in [-0.4, -0.2) is 17.1 Å². The maximum atomic E-state index is 6.01. The van der Waals surface area contributed by atoms with Gasteiger partial charge in [-0.05, 0) is 35.0 Å². The van der Waals surface area contributed by atoms with Gasteiger partial charge in [-0.3, -0.25) is 4.98 Å². The van der Waals surface area contributed by atoms with E-state index < -0.39 is 0 Å². The third-order valence-corrected chi connectivity index (χ3v) is 4.11. The zero-order chi connectivity index (χ0) is 15.8. The number of rotatable bonds is 2. The fraction of sp³-hybridized carbons (Fsp3) is 0.0526. The molecule has 0 aliphatic rings. The minimum Gasteiger partial charge on any atom is -0.496 e. The lowest BCUT2D eigenvalue weighted by atomic mass is 10.0. The SMILES string of the molecule is COc1ccc2ccccc2c1-c1cnc2cc(Cl)ccc2n1. The summed E-state index contributed by atoms with van der Waals surface area (Å²) in [6.45, 7) is 0. The zero-order valence-corrected chi connectivity index (χ0v) is 13.2. The van der Waals surface area contributed by atoms with Gasteiger partial charge in [-0.15, -0.1) is 0 Å². The Morgan fingerprint density at radius 3 is 2.70 bits per heavy atom. The van der Waals surface area contributed by atoms with Gasteiger partial charge in [0.25, 0.3) is 0 Å². The number of fused-ring (bicyclic) bond motifs is 2. The van der Waals surface area contributed by atoms with Gasteiger partial charge in [0.05, 0.1) is 35.6 Å². The molecule has 4 aromatic rings. The Kier molecular flexibility index (Phi) is 3.36. The van der Waals surface area contributed by atoms with Crippen LogP contribution in [0.1, 0.15) is 0 Å². The minimum absolute atomic E-state index is 0.655. The lowest BCUT2D eigenvalue weighted by Crippen LogP contribution is -1.94. The summed E-state index contributed by atoms with van der Waals surface area (Å²) in [5.41, 5.74) is 3.32. The van der Waals surface area contributed by atoms with E-state index in [1.165, 1.54) is 0 Å². The van der Waals surface area contributed by atoms with Gasteiger partial charge in [-0.2, -0.15) is 0 Å². The average molecular weight is 321 g/mol. The highest BCUT2D eigenvalue weighted by Gasteiger charge is 2.13. The van der Waals surface area contributed by atoms with Crippen molar-refractivity contribution in [1.29, 1.82) is 0 Å². The fourth-order valence-corrected chi connectivity index (χ4v) is 2.96. The molecule has 0 saturated heterocycles. The number of nitrogens with zero attached hydrogens (tertiary/aromatic N) is 2. The molecule has 0 bridgehead atoms. The fourth-order valence-electron chi connectivity index (χ4n) is 2.79. The first-order chi connectivity index (χ1) is 11.3. The molecule has 1 aromatic heterocycles. The molecule has 0 amide bonds. The quantitative estimate of drug-likeness (QED) is 0.514. The maximum absolute atomic E-state index is 6.01. The Labute approximate surface area is 138 Å². The van der Waals surface area contributed by atoms with Crippen molar-refractivity contribution in [2.45, 2.75) is 0 Å². The Bertz CT molecular complexity index is 1030.